The van der Waals surface area contributed by atoms with Crippen LogP contribution in [0.1, 0.15) is 25.1 Å². The normalized spacial score (nSPS) is 11.3. The molecule has 3 aromatic rings. The summed E-state index contributed by atoms with van der Waals surface area (Å²) < 4.78 is 7.84. The van der Waals surface area contributed by atoms with E-state index in [0.29, 0.717) is 18.3 Å². The summed E-state index contributed by atoms with van der Waals surface area (Å²) in [6.45, 7) is 4.51. The van der Waals surface area contributed by atoms with Gasteiger partial charge in [0.25, 0.3) is 0 Å². The molecule has 2 aromatic heterocycles. The molecular weight excluding hydrogens is 290 g/mol. The summed E-state index contributed by atoms with van der Waals surface area (Å²) in [5, 5.41) is 8.33. The number of aromatic nitrogens is 4. The van der Waals surface area contributed by atoms with E-state index in [0.717, 1.165) is 30.9 Å². The highest BCUT2D eigenvalue weighted by Gasteiger charge is 2.14. The van der Waals surface area contributed by atoms with Gasteiger partial charge >= 0.3 is 0 Å². The first kappa shape index (κ1) is 15.4. The van der Waals surface area contributed by atoms with Crippen LogP contribution in [0.2, 0.25) is 0 Å². The average molecular weight is 311 g/mol. The van der Waals surface area contributed by atoms with Gasteiger partial charge in [-0.15, -0.1) is 10.2 Å². The Bertz CT molecular complexity index is 734. The van der Waals surface area contributed by atoms with Gasteiger partial charge in [0.15, 0.2) is 0 Å². The maximum atomic E-state index is 5.80. The molecule has 0 radical (unpaired) electrons. The van der Waals surface area contributed by atoms with Crippen molar-refractivity contribution in [2.45, 2.75) is 26.4 Å². The van der Waals surface area contributed by atoms with Crippen LogP contribution in [0.3, 0.4) is 0 Å². The molecule has 0 unspecified atom stereocenters. The fourth-order valence-corrected chi connectivity index (χ4v) is 2.49. The molecule has 120 valence electrons. The van der Waals surface area contributed by atoms with Crippen molar-refractivity contribution in [1.82, 2.24) is 24.6 Å². The number of rotatable bonds is 7. The van der Waals surface area contributed by atoms with Gasteiger partial charge in [0.05, 0.1) is 13.1 Å². The Labute approximate surface area is 135 Å². The zero-order valence-corrected chi connectivity index (χ0v) is 13.5. The maximum absolute atomic E-state index is 5.80. The number of nitrogens with zero attached hydrogens (tertiary/aromatic N) is 5. The number of aryl methyl sites for hydroxylation is 1. The monoisotopic (exact) mass is 311 g/mol. The minimum atomic E-state index is 0.564. The second kappa shape index (κ2) is 7.19. The molecule has 6 heteroatoms. The molecule has 0 saturated carbocycles. The SMILES string of the molecule is CCCN(Cc1nnc(-c2ccccc2)o1)Cc1nccn1C. The van der Waals surface area contributed by atoms with Crippen LogP contribution in [0.4, 0.5) is 0 Å². The van der Waals surface area contributed by atoms with E-state index in [1.807, 2.05) is 54.3 Å². The van der Waals surface area contributed by atoms with Gasteiger partial charge in [0.1, 0.15) is 5.82 Å². The molecule has 0 amide bonds. The predicted octanol–water partition coefficient (Wildman–Crippen LogP) is 2.88. The molecule has 0 fully saturated rings. The van der Waals surface area contributed by atoms with Gasteiger partial charge in [-0.3, -0.25) is 4.90 Å². The van der Waals surface area contributed by atoms with Gasteiger partial charge in [0.2, 0.25) is 11.8 Å². The van der Waals surface area contributed by atoms with E-state index in [4.69, 9.17) is 4.42 Å². The summed E-state index contributed by atoms with van der Waals surface area (Å²) >= 11 is 0. The van der Waals surface area contributed by atoms with Crippen molar-refractivity contribution in [2.24, 2.45) is 7.05 Å². The predicted molar refractivity (Wildman–Crippen MR) is 87.3 cm³/mol. The largest absolute Gasteiger partial charge is 0.419 e. The van der Waals surface area contributed by atoms with Crippen LogP contribution in [0.15, 0.2) is 47.1 Å². The second-order valence-electron chi connectivity index (χ2n) is 5.53. The Hall–Kier alpha value is -2.47. The second-order valence-corrected chi connectivity index (χ2v) is 5.53. The fourth-order valence-electron chi connectivity index (χ4n) is 2.49. The minimum Gasteiger partial charge on any atom is -0.419 e. The zero-order valence-electron chi connectivity index (χ0n) is 13.5. The van der Waals surface area contributed by atoms with Crippen molar-refractivity contribution in [2.75, 3.05) is 6.54 Å². The van der Waals surface area contributed by atoms with Gasteiger partial charge in [-0.25, -0.2) is 4.98 Å². The van der Waals surface area contributed by atoms with E-state index in [1.165, 1.54) is 0 Å². The molecule has 2 heterocycles. The van der Waals surface area contributed by atoms with E-state index in [1.54, 1.807) is 0 Å². The van der Waals surface area contributed by atoms with Crippen LogP contribution in [0.5, 0.6) is 0 Å². The molecule has 0 aliphatic rings. The van der Waals surface area contributed by atoms with Crippen LogP contribution >= 0.6 is 0 Å². The number of hydrogen-bond donors (Lipinski definition) is 0. The molecule has 3 rings (SSSR count). The molecule has 0 aliphatic heterocycles. The quantitative estimate of drug-likeness (QED) is 0.671. The van der Waals surface area contributed by atoms with Crippen LogP contribution in [0.25, 0.3) is 11.5 Å². The third-order valence-corrected chi connectivity index (χ3v) is 3.67. The van der Waals surface area contributed by atoms with E-state index >= 15 is 0 Å². The van der Waals surface area contributed by atoms with Crippen molar-refractivity contribution in [3.8, 4) is 11.5 Å². The molecule has 0 atom stereocenters. The van der Waals surface area contributed by atoms with Gasteiger partial charge < -0.3 is 8.98 Å². The molecule has 1 aromatic carbocycles. The van der Waals surface area contributed by atoms with Gasteiger partial charge in [-0.05, 0) is 25.1 Å². The summed E-state index contributed by atoms with van der Waals surface area (Å²) in [7, 11) is 2.01. The Balaban J connectivity index is 1.71. The molecule has 0 saturated heterocycles. The van der Waals surface area contributed by atoms with Crippen molar-refractivity contribution < 1.29 is 4.42 Å². The summed E-state index contributed by atoms with van der Waals surface area (Å²) in [4.78, 5) is 6.66. The fraction of sp³-hybridized carbons (Fsp3) is 0.353. The van der Waals surface area contributed by atoms with Gasteiger partial charge in [0, 0.05) is 25.0 Å². The van der Waals surface area contributed by atoms with Crippen molar-refractivity contribution >= 4 is 0 Å². The summed E-state index contributed by atoms with van der Waals surface area (Å²) in [5.74, 6) is 2.22. The highest BCUT2D eigenvalue weighted by molar-refractivity contribution is 5.51. The Morgan fingerprint density at radius 1 is 1.13 bits per heavy atom. The van der Waals surface area contributed by atoms with Crippen LogP contribution in [-0.4, -0.2) is 31.2 Å². The van der Waals surface area contributed by atoms with Crippen molar-refractivity contribution in [3.05, 3.63) is 54.4 Å². The first-order chi connectivity index (χ1) is 11.3. The molecule has 0 N–H and O–H groups in total. The minimum absolute atomic E-state index is 0.564. The Morgan fingerprint density at radius 2 is 1.96 bits per heavy atom. The first-order valence-electron chi connectivity index (χ1n) is 7.82. The lowest BCUT2D eigenvalue weighted by atomic mass is 10.2. The molecule has 0 spiro atoms. The first-order valence-corrected chi connectivity index (χ1v) is 7.82. The third kappa shape index (κ3) is 3.84. The summed E-state index contributed by atoms with van der Waals surface area (Å²) in [6.07, 6.45) is 4.84. The van der Waals surface area contributed by atoms with Gasteiger partial charge in [-0.1, -0.05) is 25.1 Å². The third-order valence-electron chi connectivity index (χ3n) is 3.67. The lowest BCUT2D eigenvalue weighted by Gasteiger charge is -2.19. The van der Waals surface area contributed by atoms with Gasteiger partial charge in [-0.2, -0.15) is 0 Å². The standard InChI is InChI=1S/C17H21N5O/c1-3-10-22(12-15-18-9-11-21(15)2)13-16-19-20-17(23-16)14-7-5-4-6-8-14/h4-9,11H,3,10,12-13H2,1-2H3. The van der Waals surface area contributed by atoms with E-state index < -0.39 is 0 Å². The van der Waals surface area contributed by atoms with Crippen LogP contribution in [0, 0.1) is 0 Å². The van der Waals surface area contributed by atoms with E-state index in [-0.39, 0.29) is 0 Å². The smallest absolute Gasteiger partial charge is 0.247 e. The van der Waals surface area contributed by atoms with E-state index in [2.05, 4.69) is 27.0 Å². The molecule has 0 aliphatic carbocycles. The topological polar surface area (TPSA) is 60.0 Å². The van der Waals surface area contributed by atoms with E-state index in [9.17, 15) is 0 Å². The lowest BCUT2D eigenvalue weighted by molar-refractivity contribution is 0.224. The maximum Gasteiger partial charge on any atom is 0.247 e. The van der Waals surface area contributed by atoms with Crippen molar-refractivity contribution in [1.29, 1.82) is 0 Å². The van der Waals surface area contributed by atoms with Crippen LogP contribution < -0.4 is 0 Å². The Kier molecular flexibility index (Phi) is 4.83. The number of hydrogen-bond acceptors (Lipinski definition) is 5. The molecular formula is C17H21N5O. The Morgan fingerprint density at radius 3 is 2.65 bits per heavy atom. The lowest BCUT2D eigenvalue weighted by Crippen LogP contribution is -2.25. The molecule has 23 heavy (non-hydrogen) atoms. The number of benzene rings is 1. The zero-order chi connectivity index (χ0) is 16.1. The molecule has 6 nitrogen and oxygen atoms in total. The summed E-state index contributed by atoms with van der Waals surface area (Å²) in [6, 6.07) is 9.83. The average Bonchev–Trinajstić information content (AvgIpc) is 3.18. The highest BCUT2D eigenvalue weighted by atomic mass is 16.4. The van der Waals surface area contributed by atoms with Crippen LogP contribution in [-0.2, 0) is 20.1 Å². The number of imidazole rings is 1. The summed E-state index contributed by atoms with van der Waals surface area (Å²) in [5.41, 5.74) is 0.942. The van der Waals surface area contributed by atoms with Crippen molar-refractivity contribution in [3.63, 3.8) is 0 Å². The highest BCUT2D eigenvalue weighted by Crippen LogP contribution is 2.18. The molecule has 0 bridgehead atoms.